The van der Waals surface area contributed by atoms with Crippen LogP contribution >= 0.6 is 0 Å². The average molecular weight is 408 g/mol. The number of aryl methyl sites for hydroxylation is 1. The van der Waals surface area contributed by atoms with Crippen LogP contribution in [0.5, 0.6) is 5.75 Å². The highest BCUT2D eigenvalue weighted by molar-refractivity contribution is 5.95. The third kappa shape index (κ3) is 4.52. The van der Waals surface area contributed by atoms with Gasteiger partial charge in [-0.2, -0.15) is 0 Å². The fourth-order valence-electron chi connectivity index (χ4n) is 3.80. The van der Waals surface area contributed by atoms with E-state index in [0.717, 1.165) is 43.0 Å². The number of imidazole rings is 1. The Hall–Kier alpha value is -3.19. The van der Waals surface area contributed by atoms with Gasteiger partial charge in [-0.05, 0) is 49.2 Å². The first kappa shape index (κ1) is 20.1. The van der Waals surface area contributed by atoms with Gasteiger partial charge in [0, 0.05) is 37.4 Å². The highest BCUT2D eigenvalue weighted by Crippen LogP contribution is 2.25. The van der Waals surface area contributed by atoms with Gasteiger partial charge in [-0.3, -0.25) is 9.69 Å². The van der Waals surface area contributed by atoms with Crippen LogP contribution in [0.4, 0.5) is 4.39 Å². The van der Waals surface area contributed by atoms with Crippen LogP contribution in [0.15, 0.2) is 55.0 Å². The lowest BCUT2D eigenvalue weighted by Crippen LogP contribution is -2.37. The molecule has 2 aromatic carbocycles. The van der Waals surface area contributed by atoms with Crippen molar-refractivity contribution in [1.29, 1.82) is 0 Å². The van der Waals surface area contributed by atoms with Gasteiger partial charge in [0.15, 0.2) is 0 Å². The van der Waals surface area contributed by atoms with Crippen molar-refractivity contribution < 1.29 is 13.9 Å². The number of amides is 1. The summed E-state index contributed by atoms with van der Waals surface area (Å²) in [5.74, 6) is 0.273. The summed E-state index contributed by atoms with van der Waals surface area (Å²) in [6.07, 6.45) is 4.52. The molecule has 30 heavy (non-hydrogen) atoms. The van der Waals surface area contributed by atoms with E-state index in [2.05, 4.69) is 15.2 Å². The Balaban J connectivity index is 1.38. The Morgan fingerprint density at radius 1 is 1.27 bits per heavy atom. The second-order valence-electron chi connectivity index (χ2n) is 7.63. The number of likely N-dealkylation sites (tertiary alicyclic amines) is 1. The van der Waals surface area contributed by atoms with E-state index in [0.29, 0.717) is 11.3 Å². The maximum atomic E-state index is 13.1. The summed E-state index contributed by atoms with van der Waals surface area (Å²) >= 11 is 0. The molecule has 0 spiro atoms. The van der Waals surface area contributed by atoms with Crippen LogP contribution in [0.25, 0.3) is 5.69 Å². The number of hydrogen-bond acceptors (Lipinski definition) is 4. The number of nitrogens with zero attached hydrogens (tertiary/aromatic N) is 3. The molecule has 3 aromatic rings. The van der Waals surface area contributed by atoms with E-state index in [1.54, 1.807) is 37.7 Å². The molecule has 156 valence electrons. The minimum atomic E-state index is -0.227. The Bertz CT molecular complexity index is 1030. The molecule has 1 unspecified atom stereocenters. The third-order valence-corrected chi connectivity index (χ3v) is 5.36. The Morgan fingerprint density at radius 3 is 2.77 bits per heavy atom. The maximum absolute atomic E-state index is 13.1. The smallest absolute Gasteiger partial charge is 0.251 e. The first-order chi connectivity index (χ1) is 14.5. The predicted octanol–water partition coefficient (Wildman–Crippen LogP) is 3.33. The lowest BCUT2D eigenvalue weighted by molar-refractivity contribution is 0.0937. The summed E-state index contributed by atoms with van der Waals surface area (Å²) < 4.78 is 20.4. The van der Waals surface area contributed by atoms with Crippen LogP contribution in [0.3, 0.4) is 0 Å². The van der Waals surface area contributed by atoms with Gasteiger partial charge in [-0.1, -0.05) is 12.1 Å². The predicted molar refractivity (Wildman–Crippen MR) is 112 cm³/mol. The number of halogens is 1. The molecule has 7 heteroatoms. The van der Waals surface area contributed by atoms with E-state index in [-0.39, 0.29) is 17.8 Å². The summed E-state index contributed by atoms with van der Waals surface area (Å²) in [5.41, 5.74) is 3.37. The number of methoxy groups -OCH3 is 1. The molecule has 1 atom stereocenters. The molecule has 0 aliphatic carbocycles. The number of hydrogen-bond donors (Lipinski definition) is 1. The van der Waals surface area contributed by atoms with Crippen molar-refractivity contribution in [3.63, 3.8) is 0 Å². The third-order valence-electron chi connectivity index (χ3n) is 5.36. The summed E-state index contributed by atoms with van der Waals surface area (Å²) in [7, 11) is 1.59. The van der Waals surface area contributed by atoms with Gasteiger partial charge < -0.3 is 14.6 Å². The molecular weight excluding hydrogens is 383 g/mol. The molecule has 1 saturated heterocycles. The fraction of sp³-hybridized carbons (Fsp3) is 0.304. The van der Waals surface area contributed by atoms with E-state index in [1.807, 2.05) is 23.8 Å². The highest BCUT2D eigenvalue weighted by atomic mass is 19.1. The standard InChI is InChI=1S/C23H25FN4O2/c1-16-12-28(15-25-16)21-8-5-18(11-22(21)30-2)23(29)26-20-9-10-27(14-20)13-17-3-6-19(24)7-4-17/h3-8,11-12,15,20H,9-10,13-14H2,1-2H3,(H,26,29). The Morgan fingerprint density at radius 2 is 2.07 bits per heavy atom. The van der Waals surface area contributed by atoms with Crippen LogP contribution in [0.1, 0.15) is 28.0 Å². The lowest BCUT2D eigenvalue weighted by Gasteiger charge is -2.17. The SMILES string of the molecule is COc1cc(C(=O)NC2CCN(Cc3ccc(F)cc3)C2)ccc1-n1cnc(C)c1. The zero-order chi connectivity index (χ0) is 21.1. The zero-order valence-electron chi connectivity index (χ0n) is 17.1. The molecule has 1 fully saturated rings. The quantitative estimate of drug-likeness (QED) is 0.680. The zero-order valence-corrected chi connectivity index (χ0v) is 17.1. The number of nitrogens with one attached hydrogen (secondary N) is 1. The lowest BCUT2D eigenvalue weighted by atomic mass is 10.1. The molecule has 0 radical (unpaired) electrons. The van der Waals surface area contributed by atoms with Crippen molar-refractivity contribution in [3.05, 3.63) is 77.6 Å². The minimum Gasteiger partial charge on any atom is -0.495 e. The van der Waals surface area contributed by atoms with Crippen molar-refractivity contribution >= 4 is 5.91 Å². The minimum absolute atomic E-state index is 0.0833. The molecule has 6 nitrogen and oxygen atoms in total. The molecule has 0 bridgehead atoms. The Kier molecular flexibility index (Phi) is 5.81. The van der Waals surface area contributed by atoms with E-state index >= 15 is 0 Å². The van der Waals surface area contributed by atoms with Crippen LogP contribution in [-0.2, 0) is 6.54 Å². The Labute approximate surface area is 175 Å². The highest BCUT2D eigenvalue weighted by Gasteiger charge is 2.24. The van der Waals surface area contributed by atoms with Gasteiger partial charge >= 0.3 is 0 Å². The van der Waals surface area contributed by atoms with Crippen molar-refractivity contribution in [2.75, 3.05) is 20.2 Å². The van der Waals surface area contributed by atoms with Crippen LogP contribution in [-0.4, -0.2) is 46.6 Å². The molecule has 1 N–H and O–H groups in total. The second-order valence-corrected chi connectivity index (χ2v) is 7.63. The monoisotopic (exact) mass is 408 g/mol. The van der Waals surface area contributed by atoms with Gasteiger partial charge in [0.25, 0.3) is 5.91 Å². The summed E-state index contributed by atoms with van der Waals surface area (Å²) in [4.78, 5) is 19.3. The number of carbonyl (C=O) groups is 1. The van der Waals surface area contributed by atoms with E-state index < -0.39 is 0 Å². The van der Waals surface area contributed by atoms with E-state index in [4.69, 9.17) is 4.74 Å². The van der Waals surface area contributed by atoms with Gasteiger partial charge in [0.1, 0.15) is 11.6 Å². The van der Waals surface area contributed by atoms with Crippen molar-refractivity contribution in [1.82, 2.24) is 19.8 Å². The average Bonchev–Trinajstić information content (AvgIpc) is 3.38. The number of ether oxygens (including phenoxy) is 1. The van der Waals surface area contributed by atoms with E-state index in [9.17, 15) is 9.18 Å². The van der Waals surface area contributed by atoms with E-state index in [1.165, 1.54) is 12.1 Å². The van der Waals surface area contributed by atoms with Crippen LogP contribution in [0, 0.1) is 12.7 Å². The van der Waals surface area contributed by atoms with Crippen molar-refractivity contribution in [2.24, 2.45) is 0 Å². The normalized spacial score (nSPS) is 16.6. The summed E-state index contributed by atoms with van der Waals surface area (Å²) in [6.45, 7) is 4.34. The number of carbonyl (C=O) groups excluding carboxylic acids is 1. The molecule has 1 aliphatic heterocycles. The molecule has 4 rings (SSSR count). The molecule has 2 heterocycles. The molecule has 0 saturated carbocycles. The van der Waals surface area contributed by atoms with Crippen LogP contribution in [0.2, 0.25) is 0 Å². The van der Waals surface area contributed by atoms with Crippen molar-refractivity contribution in [3.8, 4) is 11.4 Å². The molecule has 1 aromatic heterocycles. The molecule has 1 aliphatic rings. The fourth-order valence-corrected chi connectivity index (χ4v) is 3.80. The van der Waals surface area contributed by atoms with Gasteiger partial charge in [0.2, 0.25) is 0 Å². The summed E-state index contributed by atoms with van der Waals surface area (Å²) in [6, 6.07) is 12.1. The molecule has 1 amide bonds. The first-order valence-corrected chi connectivity index (χ1v) is 9.98. The van der Waals surface area contributed by atoms with Crippen LogP contribution < -0.4 is 10.1 Å². The maximum Gasteiger partial charge on any atom is 0.251 e. The molecular formula is C23H25FN4O2. The summed E-state index contributed by atoms with van der Waals surface area (Å²) in [5, 5.41) is 3.12. The number of rotatable bonds is 6. The second kappa shape index (κ2) is 8.67. The topological polar surface area (TPSA) is 59.4 Å². The van der Waals surface area contributed by atoms with Gasteiger partial charge in [-0.25, -0.2) is 9.37 Å². The number of benzene rings is 2. The van der Waals surface area contributed by atoms with Gasteiger partial charge in [0.05, 0.1) is 24.8 Å². The van der Waals surface area contributed by atoms with Gasteiger partial charge in [-0.15, -0.1) is 0 Å². The first-order valence-electron chi connectivity index (χ1n) is 9.98. The number of aromatic nitrogens is 2. The largest absolute Gasteiger partial charge is 0.495 e. The van der Waals surface area contributed by atoms with Crippen molar-refractivity contribution in [2.45, 2.75) is 25.9 Å².